The lowest BCUT2D eigenvalue weighted by molar-refractivity contribution is -0.125. The fourth-order valence-electron chi connectivity index (χ4n) is 3.95. The second kappa shape index (κ2) is 10.5. The molecule has 8 nitrogen and oxygen atoms in total. The third-order valence-corrected chi connectivity index (χ3v) is 5.36. The number of para-hydroxylation sites is 1. The van der Waals surface area contributed by atoms with Gasteiger partial charge in [-0.1, -0.05) is 32.0 Å². The molecule has 0 fully saturated rings. The molecule has 30 heavy (non-hydrogen) atoms. The van der Waals surface area contributed by atoms with E-state index < -0.39 is 0 Å². The number of methoxy groups -OCH3 is 2. The molecule has 1 amide bonds. The number of rotatable bonds is 9. The van der Waals surface area contributed by atoms with Crippen LogP contribution in [0.3, 0.4) is 0 Å². The molecule has 0 spiro atoms. The van der Waals surface area contributed by atoms with Crippen molar-refractivity contribution in [2.75, 3.05) is 33.9 Å². The van der Waals surface area contributed by atoms with E-state index in [1.165, 1.54) is 12.7 Å². The number of fused-ring (bicyclic) bond motifs is 1. The molecule has 1 aliphatic heterocycles. The fourth-order valence-corrected chi connectivity index (χ4v) is 3.95. The zero-order valence-corrected chi connectivity index (χ0v) is 18.4. The van der Waals surface area contributed by atoms with Crippen molar-refractivity contribution in [2.45, 2.75) is 45.8 Å². The lowest BCUT2D eigenvalue weighted by Gasteiger charge is -2.22. The topological polar surface area (TPSA) is 81.5 Å². The number of nitrogens with zero attached hydrogens (tertiary/aromatic N) is 4. The molecule has 1 atom stereocenters. The zero-order chi connectivity index (χ0) is 21.5. The molecule has 2 heterocycles. The Morgan fingerprint density at radius 3 is 2.70 bits per heavy atom. The van der Waals surface area contributed by atoms with Gasteiger partial charge in [0.15, 0.2) is 5.82 Å². The summed E-state index contributed by atoms with van der Waals surface area (Å²) in [6.07, 6.45) is 1.63. The van der Waals surface area contributed by atoms with Crippen molar-refractivity contribution in [3.05, 3.63) is 41.5 Å². The predicted molar refractivity (Wildman–Crippen MR) is 114 cm³/mol. The zero-order valence-electron chi connectivity index (χ0n) is 18.4. The van der Waals surface area contributed by atoms with E-state index in [0.717, 1.165) is 56.4 Å². The highest BCUT2D eigenvalue weighted by Gasteiger charge is 2.26. The number of hydrogen-bond donors (Lipinski definition) is 1. The Morgan fingerprint density at radius 2 is 1.97 bits per heavy atom. The van der Waals surface area contributed by atoms with Crippen molar-refractivity contribution in [3.8, 4) is 5.75 Å². The normalized spacial score (nSPS) is 15.5. The van der Waals surface area contributed by atoms with E-state index >= 15 is 0 Å². The molecule has 1 aromatic carbocycles. The Kier molecular flexibility index (Phi) is 7.81. The van der Waals surface area contributed by atoms with E-state index in [-0.39, 0.29) is 18.6 Å². The smallest absolute Gasteiger partial charge is 0.246 e. The number of aromatic nitrogens is 3. The molecule has 1 aliphatic rings. The van der Waals surface area contributed by atoms with Gasteiger partial charge in [0.05, 0.1) is 13.2 Å². The molecule has 0 radical (unpaired) electrons. The van der Waals surface area contributed by atoms with E-state index in [4.69, 9.17) is 9.47 Å². The predicted octanol–water partition coefficient (Wildman–Crippen LogP) is 2.19. The summed E-state index contributed by atoms with van der Waals surface area (Å²) in [5.41, 5.74) is 1.18. The van der Waals surface area contributed by atoms with Crippen molar-refractivity contribution >= 4 is 5.91 Å². The van der Waals surface area contributed by atoms with Gasteiger partial charge in [-0.25, -0.2) is 0 Å². The lowest BCUT2D eigenvalue weighted by Crippen LogP contribution is -2.34. The lowest BCUT2D eigenvalue weighted by atomic mass is 10.0. The fraction of sp³-hybridized carbons (Fsp3) is 0.591. The highest BCUT2D eigenvalue weighted by atomic mass is 16.5. The Bertz CT molecular complexity index is 836. The van der Waals surface area contributed by atoms with Crippen LogP contribution in [0.25, 0.3) is 0 Å². The molecule has 0 bridgehead atoms. The Labute approximate surface area is 178 Å². The molecule has 1 N–H and O–H groups in total. The third-order valence-electron chi connectivity index (χ3n) is 5.36. The molecule has 8 heteroatoms. The molecule has 0 aliphatic carbocycles. The summed E-state index contributed by atoms with van der Waals surface area (Å²) in [6, 6.07) is 7.97. The Hall–Kier alpha value is -2.45. The minimum Gasteiger partial charge on any atom is -0.496 e. The van der Waals surface area contributed by atoms with Crippen LogP contribution in [0.1, 0.15) is 43.5 Å². The second-order valence-corrected chi connectivity index (χ2v) is 8.15. The molecule has 0 saturated carbocycles. The molecular formula is C22H33N5O3. The summed E-state index contributed by atoms with van der Waals surface area (Å²) in [4.78, 5) is 14.6. The summed E-state index contributed by atoms with van der Waals surface area (Å²) in [5, 5.41) is 12.0. The van der Waals surface area contributed by atoms with Crippen molar-refractivity contribution in [2.24, 2.45) is 5.92 Å². The monoisotopic (exact) mass is 415 g/mol. The second-order valence-electron chi connectivity index (χ2n) is 8.15. The minimum atomic E-state index is -0.172. The van der Waals surface area contributed by atoms with E-state index in [9.17, 15) is 4.79 Å². The van der Waals surface area contributed by atoms with Crippen LogP contribution in [0.2, 0.25) is 0 Å². The van der Waals surface area contributed by atoms with Gasteiger partial charge in [0.1, 0.15) is 18.2 Å². The molecule has 0 saturated heterocycles. The number of carbonyl (C=O) groups excluding carboxylic acids is 1. The molecular weight excluding hydrogens is 382 g/mol. The van der Waals surface area contributed by atoms with Gasteiger partial charge < -0.3 is 19.4 Å². The van der Waals surface area contributed by atoms with E-state index in [2.05, 4.69) is 44.9 Å². The van der Waals surface area contributed by atoms with Gasteiger partial charge in [-0.3, -0.25) is 9.69 Å². The van der Waals surface area contributed by atoms with Crippen LogP contribution in [-0.4, -0.2) is 59.5 Å². The quantitative estimate of drug-likeness (QED) is 0.676. The Morgan fingerprint density at radius 1 is 1.17 bits per heavy atom. The number of benzene rings is 1. The van der Waals surface area contributed by atoms with Crippen molar-refractivity contribution in [1.82, 2.24) is 25.0 Å². The van der Waals surface area contributed by atoms with Crippen molar-refractivity contribution in [3.63, 3.8) is 0 Å². The first kappa shape index (κ1) is 22.2. The van der Waals surface area contributed by atoms with Crippen LogP contribution >= 0.6 is 0 Å². The first-order chi connectivity index (χ1) is 14.5. The summed E-state index contributed by atoms with van der Waals surface area (Å²) >= 11 is 0. The highest BCUT2D eigenvalue weighted by molar-refractivity contribution is 5.77. The molecule has 3 rings (SSSR count). The number of amides is 1. The summed E-state index contributed by atoms with van der Waals surface area (Å²) < 4.78 is 12.7. The highest BCUT2D eigenvalue weighted by Crippen LogP contribution is 2.24. The SMILES string of the molecule is COCC(=O)N[C@H](CC(C)C)c1nnc2n1CCN(Cc1ccccc1OC)CC2. The molecule has 164 valence electrons. The van der Waals surface area contributed by atoms with E-state index in [0.29, 0.717) is 5.92 Å². The first-order valence-electron chi connectivity index (χ1n) is 10.6. The first-order valence-corrected chi connectivity index (χ1v) is 10.6. The standard InChI is InChI=1S/C22H33N5O3/c1-16(2)13-18(23-21(28)15-29-3)22-25-24-20-9-10-26(11-12-27(20)22)14-17-7-5-6-8-19(17)30-4/h5-8,16,18H,9-15H2,1-4H3,(H,23,28)/t18-/m1/s1. The number of carbonyl (C=O) groups is 1. The average Bonchev–Trinajstić information content (AvgIpc) is 3.02. The van der Waals surface area contributed by atoms with Gasteiger partial charge in [0.25, 0.3) is 0 Å². The van der Waals surface area contributed by atoms with Crippen molar-refractivity contribution in [1.29, 1.82) is 0 Å². The summed E-state index contributed by atoms with van der Waals surface area (Å²) in [7, 11) is 3.23. The van der Waals surface area contributed by atoms with Crippen LogP contribution in [0.4, 0.5) is 0 Å². The maximum Gasteiger partial charge on any atom is 0.246 e. The molecule has 0 unspecified atom stereocenters. The maximum absolute atomic E-state index is 12.2. The Balaban J connectivity index is 1.73. The van der Waals surface area contributed by atoms with Gasteiger partial charge in [0, 0.05) is 45.3 Å². The largest absolute Gasteiger partial charge is 0.496 e. The summed E-state index contributed by atoms with van der Waals surface area (Å²) in [5.74, 6) is 3.01. The van der Waals surface area contributed by atoms with Gasteiger partial charge in [-0.15, -0.1) is 10.2 Å². The maximum atomic E-state index is 12.2. The van der Waals surface area contributed by atoms with Crippen molar-refractivity contribution < 1.29 is 14.3 Å². The molecule has 2 aromatic rings. The van der Waals surface area contributed by atoms with Gasteiger partial charge in [-0.2, -0.15) is 0 Å². The van der Waals surface area contributed by atoms with E-state index in [1.54, 1.807) is 7.11 Å². The third kappa shape index (κ3) is 5.58. The van der Waals surface area contributed by atoms with Crippen LogP contribution < -0.4 is 10.1 Å². The molecule has 1 aromatic heterocycles. The van der Waals surface area contributed by atoms with Gasteiger partial charge in [-0.05, 0) is 18.4 Å². The number of ether oxygens (including phenoxy) is 2. The van der Waals surface area contributed by atoms with E-state index in [1.807, 2.05) is 18.2 Å². The van der Waals surface area contributed by atoms with Gasteiger partial charge >= 0.3 is 0 Å². The minimum absolute atomic E-state index is 0.0439. The van der Waals surface area contributed by atoms with Gasteiger partial charge in [0.2, 0.25) is 5.91 Å². The average molecular weight is 416 g/mol. The van der Waals surface area contributed by atoms with Crippen LogP contribution in [0, 0.1) is 5.92 Å². The summed E-state index contributed by atoms with van der Waals surface area (Å²) in [6.45, 7) is 7.74. The number of nitrogens with one attached hydrogen (secondary N) is 1. The number of hydrogen-bond acceptors (Lipinski definition) is 6. The van der Waals surface area contributed by atoms with Crippen LogP contribution in [-0.2, 0) is 29.0 Å². The van der Waals surface area contributed by atoms with Crippen LogP contribution in [0.5, 0.6) is 5.75 Å². The van der Waals surface area contributed by atoms with Crippen LogP contribution in [0.15, 0.2) is 24.3 Å².